The van der Waals surface area contributed by atoms with Crippen LogP contribution in [0.15, 0.2) is 28.2 Å². The summed E-state index contributed by atoms with van der Waals surface area (Å²) in [6.07, 6.45) is 3.99. The van der Waals surface area contributed by atoms with Gasteiger partial charge in [-0.2, -0.15) is 0 Å². The van der Waals surface area contributed by atoms with Crippen molar-refractivity contribution in [3.8, 4) is 11.5 Å². The summed E-state index contributed by atoms with van der Waals surface area (Å²) in [5.74, 6) is 1.70. The Bertz CT molecular complexity index is 973. The van der Waals surface area contributed by atoms with Crippen LogP contribution in [0.1, 0.15) is 36.6 Å². The van der Waals surface area contributed by atoms with Crippen LogP contribution in [0, 0.1) is 0 Å². The second-order valence-electron chi connectivity index (χ2n) is 6.99. The third-order valence-corrected chi connectivity index (χ3v) is 6.32. The molecule has 148 valence electrons. The molecule has 1 atom stereocenters. The molecule has 1 aliphatic heterocycles. The van der Waals surface area contributed by atoms with Crippen LogP contribution in [-0.4, -0.2) is 35.4 Å². The number of nitrogens with zero attached hydrogens (tertiary/aromatic N) is 2. The Hall–Kier alpha value is -2.48. The molecule has 28 heavy (non-hydrogen) atoms. The zero-order valence-corrected chi connectivity index (χ0v) is 16.8. The van der Waals surface area contributed by atoms with Gasteiger partial charge in [-0.15, -0.1) is 0 Å². The van der Waals surface area contributed by atoms with Crippen LogP contribution in [0.2, 0.25) is 0 Å². The molecule has 1 aliphatic carbocycles. The van der Waals surface area contributed by atoms with Gasteiger partial charge in [-0.3, -0.25) is 14.2 Å². The zero-order chi connectivity index (χ0) is 19.7. The number of methoxy groups -OCH3 is 2. The third kappa shape index (κ3) is 3.48. The Morgan fingerprint density at radius 2 is 2.11 bits per heavy atom. The van der Waals surface area contributed by atoms with Crippen LogP contribution in [0.25, 0.3) is 0 Å². The van der Waals surface area contributed by atoms with E-state index in [1.807, 2.05) is 0 Å². The van der Waals surface area contributed by atoms with Crippen LogP contribution in [0.4, 0.5) is 5.69 Å². The first-order chi connectivity index (χ1) is 13.6. The SMILES string of the molecule is COc1ccc(NC(=O)CC2CSc3nc4c(c(=O)n32)CCCC4)c(OC)c1. The van der Waals surface area contributed by atoms with Crippen LogP contribution in [-0.2, 0) is 17.6 Å². The summed E-state index contributed by atoms with van der Waals surface area (Å²) in [4.78, 5) is 30.3. The lowest BCUT2D eigenvalue weighted by Crippen LogP contribution is -2.32. The van der Waals surface area contributed by atoms with Crippen molar-refractivity contribution in [3.63, 3.8) is 0 Å². The van der Waals surface area contributed by atoms with Crippen LogP contribution < -0.4 is 20.3 Å². The summed E-state index contributed by atoms with van der Waals surface area (Å²) in [7, 11) is 3.12. The lowest BCUT2D eigenvalue weighted by Gasteiger charge is -2.19. The predicted molar refractivity (Wildman–Crippen MR) is 108 cm³/mol. The van der Waals surface area contributed by atoms with Crippen molar-refractivity contribution in [2.75, 3.05) is 25.3 Å². The molecule has 8 heteroatoms. The number of hydrogen-bond acceptors (Lipinski definition) is 6. The highest BCUT2D eigenvalue weighted by molar-refractivity contribution is 7.99. The van der Waals surface area contributed by atoms with Gasteiger partial charge in [0, 0.05) is 23.8 Å². The Morgan fingerprint density at radius 3 is 2.89 bits per heavy atom. The van der Waals surface area contributed by atoms with Gasteiger partial charge in [-0.05, 0) is 37.8 Å². The van der Waals surface area contributed by atoms with E-state index in [1.165, 1.54) is 0 Å². The number of aromatic nitrogens is 2. The molecule has 0 saturated carbocycles. The van der Waals surface area contributed by atoms with Crippen LogP contribution >= 0.6 is 11.8 Å². The number of thioether (sulfide) groups is 1. The minimum absolute atomic E-state index is 0.0320. The number of nitrogens with one attached hydrogen (secondary N) is 1. The number of rotatable bonds is 5. The summed E-state index contributed by atoms with van der Waals surface area (Å²) >= 11 is 1.55. The molecule has 7 nitrogen and oxygen atoms in total. The molecule has 4 rings (SSSR count). The minimum Gasteiger partial charge on any atom is -0.497 e. The van der Waals surface area contributed by atoms with E-state index in [1.54, 1.807) is 48.7 Å². The first kappa shape index (κ1) is 18.9. The van der Waals surface area contributed by atoms with Crippen LogP contribution in [0.5, 0.6) is 11.5 Å². The highest BCUT2D eigenvalue weighted by atomic mass is 32.2. The largest absolute Gasteiger partial charge is 0.497 e. The zero-order valence-electron chi connectivity index (χ0n) is 16.0. The summed E-state index contributed by atoms with van der Waals surface area (Å²) in [5.41, 5.74) is 2.39. The molecule has 1 unspecified atom stereocenters. The molecular formula is C20H23N3O4S. The van der Waals surface area contributed by atoms with E-state index in [9.17, 15) is 9.59 Å². The van der Waals surface area contributed by atoms with Crippen molar-refractivity contribution in [3.05, 3.63) is 39.8 Å². The van der Waals surface area contributed by atoms with Crippen molar-refractivity contribution in [2.24, 2.45) is 0 Å². The van der Waals surface area contributed by atoms with Gasteiger partial charge >= 0.3 is 0 Å². The van der Waals surface area contributed by atoms with Gasteiger partial charge < -0.3 is 14.8 Å². The molecule has 0 saturated heterocycles. The summed E-state index contributed by atoms with van der Waals surface area (Å²) in [5, 5.41) is 3.63. The molecule has 2 heterocycles. The van der Waals surface area contributed by atoms with Crippen molar-refractivity contribution in [1.82, 2.24) is 9.55 Å². The van der Waals surface area contributed by atoms with Gasteiger partial charge in [-0.25, -0.2) is 4.98 Å². The fourth-order valence-electron chi connectivity index (χ4n) is 3.78. The summed E-state index contributed by atoms with van der Waals surface area (Å²) in [6.45, 7) is 0. The number of fused-ring (bicyclic) bond motifs is 2. The number of aryl methyl sites for hydroxylation is 1. The molecule has 0 spiro atoms. The minimum atomic E-state index is -0.184. The molecule has 1 aromatic heterocycles. The number of carbonyl (C=O) groups excluding carboxylic acids is 1. The molecule has 0 radical (unpaired) electrons. The average molecular weight is 401 g/mol. The van der Waals surface area contributed by atoms with Crippen LogP contribution in [0.3, 0.4) is 0 Å². The molecule has 1 aromatic carbocycles. The van der Waals surface area contributed by atoms with E-state index in [-0.39, 0.29) is 23.9 Å². The van der Waals surface area contributed by atoms with Crippen molar-refractivity contribution in [2.45, 2.75) is 43.3 Å². The third-order valence-electron chi connectivity index (χ3n) is 5.23. The highest BCUT2D eigenvalue weighted by Gasteiger charge is 2.30. The smallest absolute Gasteiger partial charge is 0.257 e. The van der Waals surface area contributed by atoms with Gasteiger partial charge in [0.2, 0.25) is 5.91 Å². The fourth-order valence-corrected chi connectivity index (χ4v) is 4.94. The summed E-state index contributed by atoms with van der Waals surface area (Å²) < 4.78 is 12.2. The van der Waals surface area contributed by atoms with Gasteiger partial charge in [0.25, 0.3) is 5.56 Å². The lowest BCUT2D eigenvalue weighted by molar-refractivity contribution is -0.116. The van der Waals surface area contributed by atoms with Crippen molar-refractivity contribution in [1.29, 1.82) is 0 Å². The number of anilines is 1. The van der Waals surface area contributed by atoms with E-state index in [2.05, 4.69) is 5.32 Å². The number of hydrogen-bond donors (Lipinski definition) is 1. The molecule has 1 N–H and O–H groups in total. The Labute approximate surface area is 167 Å². The van der Waals surface area contributed by atoms with E-state index < -0.39 is 0 Å². The van der Waals surface area contributed by atoms with Crippen molar-refractivity contribution >= 4 is 23.4 Å². The summed E-state index contributed by atoms with van der Waals surface area (Å²) in [6, 6.07) is 5.05. The molecule has 2 aromatic rings. The predicted octanol–water partition coefficient (Wildman–Crippen LogP) is 2.81. The maximum Gasteiger partial charge on any atom is 0.257 e. The normalized spacial score (nSPS) is 17.6. The standard InChI is InChI=1S/C20H23N3O4S/c1-26-13-7-8-16(17(10-13)27-2)21-18(24)9-12-11-28-20-22-15-6-4-3-5-14(15)19(25)23(12)20/h7-8,10,12H,3-6,9,11H2,1-2H3,(H,21,24). The Morgan fingerprint density at radius 1 is 1.29 bits per heavy atom. The molecule has 2 aliphatic rings. The number of amides is 1. The van der Waals surface area contributed by atoms with Gasteiger partial charge in [-0.1, -0.05) is 11.8 Å². The first-order valence-electron chi connectivity index (χ1n) is 9.39. The number of carbonyl (C=O) groups is 1. The highest BCUT2D eigenvalue weighted by Crippen LogP contribution is 2.34. The molecular weight excluding hydrogens is 378 g/mol. The van der Waals surface area contributed by atoms with Gasteiger partial charge in [0.05, 0.1) is 31.6 Å². The Balaban J connectivity index is 1.53. The van der Waals surface area contributed by atoms with E-state index in [0.29, 0.717) is 22.9 Å². The first-order valence-corrected chi connectivity index (χ1v) is 10.4. The van der Waals surface area contributed by atoms with E-state index >= 15 is 0 Å². The number of ether oxygens (including phenoxy) is 2. The number of benzene rings is 1. The van der Waals surface area contributed by atoms with E-state index in [4.69, 9.17) is 14.5 Å². The molecule has 0 fully saturated rings. The Kier molecular flexibility index (Phi) is 5.30. The quantitative estimate of drug-likeness (QED) is 0.776. The van der Waals surface area contributed by atoms with Gasteiger partial charge in [0.1, 0.15) is 11.5 Å². The lowest BCUT2D eigenvalue weighted by atomic mass is 9.97. The van der Waals surface area contributed by atoms with Crippen molar-refractivity contribution < 1.29 is 14.3 Å². The maximum absolute atomic E-state index is 13.0. The van der Waals surface area contributed by atoms with E-state index in [0.717, 1.165) is 42.1 Å². The molecule has 1 amide bonds. The second kappa shape index (κ2) is 7.87. The second-order valence-corrected chi connectivity index (χ2v) is 7.97. The van der Waals surface area contributed by atoms with Gasteiger partial charge in [0.15, 0.2) is 5.16 Å². The topological polar surface area (TPSA) is 82.5 Å². The molecule has 0 bridgehead atoms. The monoisotopic (exact) mass is 401 g/mol. The fraction of sp³-hybridized carbons (Fsp3) is 0.450. The average Bonchev–Trinajstić information content (AvgIpc) is 3.11. The maximum atomic E-state index is 13.0.